The number of benzene rings is 1. The van der Waals surface area contributed by atoms with E-state index < -0.39 is 17.7 Å². The molecule has 0 radical (unpaired) electrons. The summed E-state index contributed by atoms with van der Waals surface area (Å²) in [5.74, 6) is 1.36. The Kier molecular flexibility index (Phi) is 4.10. The van der Waals surface area contributed by atoms with Crippen LogP contribution in [0, 0.1) is 11.6 Å². The third kappa shape index (κ3) is 2.52. The standard InChI is InChI=1S/C11H12F2OS2/c12-7-2-1-3-8(13)10(7)11(14)9-6-15-4-5-16-9/h1-3,9,11,14H,4-6H2. The summed E-state index contributed by atoms with van der Waals surface area (Å²) in [5, 5.41) is 9.87. The van der Waals surface area contributed by atoms with Gasteiger partial charge in [-0.05, 0) is 12.1 Å². The molecule has 2 atom stereocenters. The molecule has 0 amide bonds. The first-order valence-corrected chi connectivity index (χ1v) is 7.22. The molecule has 88 valence electrons. The lowest BCUT2D eigenvalue weighted by molar-refractivity contribution is 0.170. The molecule has 1 aromatic carbocycles. The number of aliphatic hydroxyl groups excluding tert-OH is 1. The fourth-order valence-corrected chi connectivity index (χ4v) is 4.40. The molecule has 16 heavy (non-hydrogen) atoms. The molecule has 1 N–H and O–H groups in total. The summed E-state index contributed by atoms with van der Waals surface area (Å²) in [6.07, 6.45) is -1.06. The highest BCUT2D eigenvalue weighted by Gasteiger charge is 2.28. The van der Waals surface area contributed by atoms with Gasteiger partial charge in [0.05, 0.1) is 11.7 Å². The second-order valence-electron chi connectivity index (χ2n) is 3.56. The summed E-state index contributed by atoms with van der Waals surface area (Å²) in [5.41, 5.74) is -0.192. The monoisotopic (exact) mass is 262 g/mol. The van der Waals surface area contributed by atoms with Crippen molar-refractivity contribution in [3.63, 3.8) is 0 Å². The average molecular weight is 262 g/mol. The molecule has 1 aromatic rings. The molecule has 1 aliphatic heterocycles. The van der Waals surface area contributed by atoms with Gasteiger partial charge in [-0.25, -0.2) is 8.78 Å². The molecule has 1 saturated heterocycles. The summed E-state index contributed by atoms with van der Waals surface area (Å²) in [6, 6.07) is 3.67. The zero-order valence-electron chi connectivity index (χ0n) is 8.53. The van der Waals surface area contributed by atoms with Crippen LogP contribution >= 0.6 is 23.5 Å². The van der Waals surface area contributed by atoms with Crippen LogP contribution in [0.15, 0.2) is 18.2 Å². The summed E-state index contributed by atoms with van der Waals surface area (Å²) in [4.78, 5) is 0. The van der Waals surface area contributed by atoms with Crippen molar-refractivity contribution in [2.45, 2.75) is 11.4 Å². The van der Waals surface area contributed by atoms with Gasteiger partial charge in [0.15, 0.2) is 0 Å². The smallest absolute Gasteiger partial charge is 0.131 e. The van der Waals surface area contributed by atoms with Crippen molar-refractivity contribution in [1.29, 1.82) is 0 Å². The minimum absolute atomic E-state index is 0.120. The van der Waals surface area contributed by atoms with E-state index in [0.717, 1.165) is 17.3 Å². The van der Waals surface area contributed by atoms with Crippen LogP contribution < -0.4 is 0 Å². The van der Waals surface area contributed by atoms with E-state index >= 15 is 0 Å². The number of thioether (sulfide) groups is 2. The van der Waals surface area contributed by atoms with Crippen molar-refractivity contribution in [3.05, 3.63) is 35.4 Å². The highest BCUT2D eigenvalue weighted by molar-refractivity contribution is 8.06. The normalized spacial score (nSPS) is 23.1. The Morgan fingerprint density at radius 2 is 1.94 bits per heavy atom. The molecule has 0 aromatic heterocycles. The van der Waals surface area contributed by atoms with E-state index in [9.17, 15) is 13.9 Å². The maximum absolute atomic E-state index is 13.4. The van der Waals surface area contributed by atoms with Gasteiger partial charge in [0.25, 0.3) is 0 Å². The summed E-state index contributed by atoms with van der Waals surface area (Å²) in [7, 11) is 0. The Morgan fingerprint density at radius 1 is 1.25 bits per heavy atom. The molecule has 5 heteroatoms. The van der Waals surface area contributed by atoms with Crippen molar-refractivity contribution in [2.75, 3.05) is 17.3 Å². The first-order valence-electron chi connectivity index (χ1n) is 5.01. The molecular weight excluding hydrogens is 250 g/mol. The number of halogens is 2. The van der Waals surface area contributed by atoms with Gasteiger partial charge >= 0.3 is 0 Å². The van der Waals surface area contributed by atoms with Gasteiger partial charge in [0.1, 0.15) is 11.6 Å². The van der Waals surface area contributed by atoms with E-state index in [-0.39, 0.29) is 10.8 Å². The van der Waals surface area contributed by atoms with Gasteiger partial charge < -0.3 is 5.11 Å². The lowest BCUT2D eigenvalue weighted by Gasteiger charge is -2.26. The van der Waals surface area contributed by atoms with Crippen LogP contribution in [0.1, 0.15) is 11.7 Å². The minimum Gasteiger partial charge on any atom is -0.387 e. The predicted molar refractivity (Wildman–Crippen MR) is 64.9 cm³/mol. The lowest BCUT2D eigenvalue weighted by Crippen LogP contribution is -2.24. The zero-order chi connectivity index (χ0) is 11.5. The van der Waals surface area contributed by atoms with Crippen molar-refractivity contribution >= 4 is 23.5 Å². The Hall–Kier alpha value is -0.260. The number of rotatable bonds is 2. The van der Waals surface area contributed by atoms with E-state index in [2.05, 4.69) is 0 Å². The number of hydrogen-bond donors (Lipinski definition) is 1. The van der Waals surface area contributed by atoms with E-state index in [0.29, 0.717) is 0 Å². The Balaban J connectivity index is 2.22. The second-order valence-corrected chi connectivity index (χ2v) is 6.06. The fourth-order valence-electron chi connectivity index (χ4n) is 1.67. The highest BCUT2D eigenvalue weighted by Crippen LogP contribution is 2.35. The molecule has 0 aliphatic carbocycles. The van der Waals surface area contributed by atoms with E-state index in [1.54, 1.807) is 23.5 Å². The van der Waals surface area contributed by atoms with Crippen molar-refractivity contribution < 1.29 is 13.9 Å². The number of hydrogen-bond acceptors (Lipinski definition) is 3. The van der Waals surface area contributed by atoms with Crippen LogP contribution in [0.5, 0.6) is 0 Å². The van der Waals surface area contributed by atoms with Gasteiger partial charge in [-0.2, -0.15) is 23.5 Å². The fraction of sp³-hybridized carbons (Fsp3) is 0.455. The topological polar surface area (TPSA) is 20.2 Å². The van der Waals surface area contributed by atoms with Gasteiger partial charge in [0.2, 0.25) is 0 Å². The predicted octanol–water partition coefficient (Wildman–Crippen LogP) is 2.85. The van der Waals surface area contributed by atoms with Crippen molar-refractivity contribution in [2.24, 2.45) is 0 Å². The Morgan fingerprint density at radius 3 is 2.50 bits per heavy atom. The molecule has 0 spiro atoms. The van der Waals surface area contributed by atoms with Crippen LogP contribution in [-0.2, 0) is 0 Å². The van der Waals surface area contributed by atoms with Gasteiger partial charge in [-0.15, -0.1) is 0 Å². The third-order valence-electron chi connectivity index (χ3n) is 2.49. The van der Waals surface area contributed by atoms with Gasteiger partial charge in [-0.3, -0.25) is 0 Å². The highest BCUT2D eigenvalue weighted by atomic mass is 32.2. The van der Waals surface area contributed by atoms with Crippen LogP contribution in [0.4, 0.5) is 8.78 Å². The maximum Gasteiger partial charge on any atom is 0.131 e. The molecule has 1 heterocycles. The Bertz CT molecular complexity index is 347. The molecular formula is C11H12F2OS2. The maximum atomic E-state index is 13.4. The van der Waals surface area contributed by atoms with Gasteiger partial charge in [-0.1, -0.05) is 6.07 Å². The molecule has 1 nitrogen and oxygen atoms in total. The largest absolute Gasteiger partial charge is 0.387 e. The molecule has 2 unspecified atom stereocenters. The van der Waals surface area contributed by atoms with Crippen molar-refractivity contribution in [3.8, 4) is 0 Å². The summed E-state index contributed by atoms with van der Waals surface area (Å²) in [6.45, 7) is 0. The van der Waals surface area contributed by atoms with Crippen LogP contribution in [-0.4, -0.2) is 27.6 Å². The lowest BCUT2D eigenvalue weighted by atomic mass is 10.1. The first kappa shape index (κ1) is 12.2. The van der Waals surface area contributed by atoms with E-state index in [1.807, 2.05) is 0 Å². The summed E-state index contributed by atoms with van der Waals surface area (Å²) < 4.78 is 26.9. The Labute approximate surface area is 102 Å². The number of aliphatic hydroxyl groups is 1. The van der Waals surface area contributed by atoms with E-state index in [1.165, 1.54) is 18.2 Å². The molecule has 2 rings (SSSR count). The third-order valence-corrected chi connectivity index (χ3v) is 5.34. The average Bonchev–Trinajstić information content (AvgIpc) is 2.30. The van der Waals surface area contributed by atoms with Crippen LogP contribution in [0.3, 0.4) is 0 Å². The molecule has 1 fully saturated rings. The summed E-state index contributed by atoms with van der Waals surface area (Å²) >= 11 is 3.29. The van der Waals surface area contributed by atoms with Crippen LogP contribution in [0.25, 0.3) is 0 Å². The quantitative estimate of drug-likeness (QED) is 0.885. The minimum atomic E-state index is -1.06. The van der Waals surface area contributed by atoms with Crippen LogP contribution in [0.2, 0.25) is 0 Å². The molecule has 0 bridgehead atoms. The first-order chi connectivity index (χ1) is 7.70. The molecule has 1 aliphatic rings. The van der Waals surface area contributed by atoms with Gasteiger partial charge in [0, 0.05) is 22.5 Å². The molecule has 0 saturated carbocycles. The van der Waals surface area contributed by atoms with Crippen molar-refractivity contribution in [1.82, 2.24) is 0 Å². The second kappa shape index (κ2) is 5.38. The zero-order valence-corrected chi connectivity index (χ0v) is 10.2. The van der Waals surface area contributed by atoms with E-state index in [4.69, 9.17) is 0 Å². The SMILES string of the molecule is OC(c1c(F)cccc1F)C1CSCCS1.